The molecule has 110 valence electrons. The maximum absolute atomic E-state index is 11.4. The van der Waals surface area contributed by atoms with Crippen molar-refractivity contribution in [1.82, 2.24) is 9.80 Å². The molecule has 8 heteroatoms. The molecule has 0 radical (unpaired) electrons. The monoisotopic (exact) mass is 282 g/mol. The minimum absolute atomic E-state index is 0.0540. The number of nitrogens with zero attached hydrogens (tertiary/aromatic N) is 4. The van der Waals surface area contributed by atoms with E-state index in [1.807, 2.05) is 0 Å². The van der Waals surface area contributed by atoms with Crippen LogP contribution < -0.4 is 0 Å². The van der Waals surface area contributed by atoms with E-state index in [0.29, 0.717) is 0 Å². The van der Waals surface area contributed by atoms with Crippen LogP contribution in [0, 0.1) is 0 Å². The fourth-order valence-corrected chi connectivity index (χ4v) is 0.878. The van der Waals surface area contributed by atoms with E-state index >= 15 is 0 Å². The Morgan fingerprint density at radius 1 is 0.950 bits per heavy atom. The van der Waals surface area contributed by atoms with Crippen molar-refractivity contribution in [3.05, 3.63) is 24.8 Å². The normalized spacial score (nSPS) is 10.3. The lowest BCUT2D eigenvalue weighted by atomic mass is 10.7. The maximum atomic E-state index is 11.4. The highest BCUT2D eigenvalue weighted by atomic mass is 16.6. The number of rotatable bonds is 7. The predicted molar refractivity (Wildman–Crippen MR) is 75.6 cm³/mol. The van der Waals surface area contributed by atoms with Gasteiger partial charge in [0.1, 0.15) is 13.2 Å². The third-order valence-corrected chi connectivity index (χ3v) is 1.90. The molecular formula is C12H18N4O4. The van der Waals surface area contributed by atoms with Crippen LogP contribution in [-0.2, 0) is 9.47 Å². The van der Waals surface area contributed by atoms with Crippen molar-refractivity contribution in [2.24, 2.45) is 9.98 Å². The molecule has 0 N–H and O–H groups in total. The molecule has 20 heavy (non-hydrogen) atoms. The minimum atomic E-state index is -0.593. The van der Waals surface area contributed by atoms with Crippen LogP contribution in [-0.4, -0.2) is 62.7 Å². The quantitative estimate of drug-likeness (QED) is 0.523. The van der Waals surface area contributed by atoms with Gasteiger partial charge in [-0.2, -0.15) is 0 Å². The summed E-state index contributed by atoms with van der Waals surface area (Å²) in [4.78, 5) is 32.0. The summed E-state index contributed by atoms with van der Waals surface area (Å²) < 4.78 is 9.69. The molecule has 0 aliphatic rings. The summed E-state index contributed by atoms with van der Waals surface area (Å²) in [7, 11) is 2.99. The van der Waals surface area contributed by atoms with Gasteiger partial charge in [-0.3, -0.25) is 19.8 Å². The smallest absolute Gasteiger partial charge is 0.413 e. The van der Waals surface area contributed by atoms with Crippen molar-refractivity contribution >= 4 is 25.6 Å². The van der Waals surface area contributed by atoms with E-state index in [1.54, 1.807) is 0 Å². The van der Waals surface area contributed by atoms with Gasteiger partial charge >= 0.3 is 12.2 Å². The van der Waals surface area contributed by atoms with Gasteiger partial charge in [-0.25, -0.2) is 9.59 Å². The summed E-state index contributed by atoms with van der Waals surface area (Å²) in [5, 5.41) is 0. The number of carbonyl (C=O) groups excluding carboxylic acids is 2. The van der Waals surface area contributed by atoms with Gasteiger partial charge in [0.25, 0.3) is 0 Å². The average Bonchev–Trinajstić information content (AvgIpc) is 2.45. The van der Waals surface area contributed by atoms with E-state index in [-0.39, 0.29) is 13.2 Å². The number of hydrogen-bond donors (Lipinski definition) is 0. The lowest BCUT2D eigenvalue weighted by Gasteiger charge is -2.14. The first-order valence-electron chi connectivity index (χ1n) is 5.57. The first-order chi connectivity index (χ1) is 9.52. The highest BCUT2D eigenvalue weighted by Crippen LogP contribution is 1.94. The van der Waals surface area contributed by atoms with Gasteiger partial charge in [-0.05, 0) is 13.4 Å². The zero-order valence-electron chi connectivity index (χ0n) is 11.6. The molecule has 0 atom stereocenters. The van der Waals surface area contributed by atoms with Crippen LogP contribution in [0.1, 0.15) is 0 Å². The summed E-state index contributed by atoms with van der Waals surface area (Å²) in [6.07, 6.45) is 4.28. The fourth-order valence-electron chi connectivity index (χ4n) is 0.878. The lowest BCUT2D eigenvalue weighted by molar-refractivity contribution is 0.0756. The molecule has 0 aromatic carbocycles. The molecular weight excluding hydrogens is 264 g/mol. The maximum Gasteiger partial charge on any atom is 0.413 e. The predicted octanol–water partition coefficient (Wildman–Crippen LogP) is 1.47. The van der Waals surface area contributed by atoms with E-state index in [2.05, 4.69) is 23.4 Å². The van der Waals surface area contributed by atoms with E-state index in [0.717, 1.165) is 0 Å². The molecule has 2 amide bonds. The number of ether oxygens (including phenoxy) is 2. The second-order valence-electron chi connectivity index (χ2n) is 3.41. The molecule has 0 bridgehead atoms. The van der Waals surface area contributed by atoms with Crippen LogP contribution in [0.2, 0.25) is 0 Å². The van der Waals surface area contributed by atoms with Crippen LogP contribution in [0.5, 0.6) is 0 Å². The largest absolute Gasteiger partial charge is 0.446 e. The van der Waals surface area contributed by atoms with Crippen molar-refractivity contribution in [3.8, 4) is 0 Å². The van der Waals surface area contributed by atoms with Crippen LogP contribution in [0.25, 0.3) is 0 Å². The van der Waals surface area contributed by atoms with E-state index in [4.69, 9.17) is 9.47 Å². The molecule has 0 saturated carbocycles. The summed E-state index contributed by atoms with van der Waals surface area (Å²) in [5.41, 5.74) is 0. The molecule has 0 fully saturated rings. The average molecular weight is 282 g/mol. The van der Waals surface area contributed by atoms with Crippen molar-refractivity contribution < 1.29 is 19.1 Å². The molecule has 0 spiro atoms. The van der Waals surface area contributed by atoms with E-state index in [1.165, 1.54) is 48.7 Å². The summed E-state index contributed by atoms with van der Waals surface area (Å²) >= 11 is 0. The van der Waals surface area contributed by atoms with Crippen LogP contribution in [0.3, 0.4) is 0 Å². The van der Waals surface area contributed by atoms with Gasteiger partial charge in [0.15, 0.2) is 0 Å². The van der Waals surface area contributed by atoms with Gasteiger partial charge in [-0.15, -0.1) is 0 Å². The van der Waals surface area contributed by atoms with Crippen molar-refractivity contribution in [2.75, 3.05) is 27.3 Å². The lowest BCUT2D eigenvalue weighted by Crippen LogP contribution is -2.26. The van der Waals surface area contributed by atoms with Gasteiger partial charge in [0.2, 0.25) is 0 Å². The molecule has 0 aliphatic heterocycles. The Labute approximate surface area is 117 Å². The second-order valence-corrected chi connectivity index (χ2v) is 3.41. The first-order valence-corrected chi connectivity index (χ1v) is 5.57. The van der Waals surface area contributed by atoms with Gasteiger partial charge < -0.3 is 9.47 Å². The number of hydrogen-bond acceptors (Lipinski definition) is 6. The fraction of sp³-hybridized carbons (Fsp3) is 0.333. The van der Waals surface area contributed by atoms with Crippen LogP contribution >= 0.6 is 0 Å². The molecule has 0 unspecified atom stereocenters. The summed E-state index contributed by atoms with van der Waals surface area (Å²) in [6, 6.07) is 0. The molecule has 0 saturated heterocycles. The Kier molecular flexibility index (Phi) is 8.94. The van der Waals surface area contributed by atoms with E-state index in [9.17, 15) is 9.59 Å². The molecule has 0 aliphatic carbocycles. The third kappa shape index (κ3) is 7.64. The van der Waals surface area contributed by atoms with Crippen molar-refractivity contribution in [2.45, 2.75) is 0 Å². The highest BCUT2D eigenvalue weighted by Gasteiger charge is 2.09. The van der Waals surface area contributed by atoms with Gasteiger partial charge in [0.05, 0.1) is 0 Å². The standard InChI is InChI=1S/C12H18N4O4/c1-13-5-7-15(3)11(17)19-9-10-20-12(18)16(4)8-6-14-2/h5-8H,1-2,9-10H2,3-4H3/b7-5-,8-6-. The zero-order valence-corrected chi connectivity index (χ0v) is 11.6. The van der Waals surface area contributed by atoms with E-state index < -0.39 is 12.2 Å². The Bertz CT molecular complexity index is 368. The zero-order chi connectivity index (χ0) is 15.4. The Balaban J connectivity index is 3.91. The number of aliphatic imine (C=N–C) groups is 2. The number of amides is 2. The minimum Gasteiger partial charge on any atom is -0.446 e. The van der Waals surface area contributed by atoms with Crippen LogP contribution in [0.15, 0.2) is 34.8 Å². The molecule has 0 aromatic rings. The summed E-state index contributed by atoms with van der Waals surface area (Å²) in [6.45, 7) is 6.35. The Morgan fingerprint density at radius 3 is 1.60 bits per heavy atom. The van der Waals surface area contributed by atoms with Crippen LogP contribution in [0.4, 0.5) is 9.59 Å². The number of carbonyl (C=O) groups is 2. The second kappa shape index (κ2) is 10.3. The highest BCUT2D eigenvalue weighted by molar-refractivity contribution is 5.69. The molecule has 0 aromatic heterocycles. The van der Waals surface area contributed by atoms with Gasteiger partial charge in [0, 0.05) is 38.9 Å². The molecule has 0 rings (SSSR count). The Hall–Kier alpha value is -2.64. The molecule has 0 heterocycles. The van der Waals surface area contributed by atoms with Gasteiger partial charge in [-0.1, -0.05) is 0 Å². The topological polar surface area (TPSA) is 83.8 Å². The summed E-state index contributed by atoms with van der Waals surface area (Å²) in [5.74, 6) is 0. The van der Waals surface area contributed by atoms with Crippen molar-refractivity contribution in [1.29, 1.82) is 0 Å². The third-order valence-electron chi connectivity index (χ3n) is 1.90. The SMILES string of the molecule is C=N/C=C\N(C)C(=O)OCCOC(=O)N(C)/C=C\N=C. The first kappa shape index (κ1) is 17.4. The van der Waals surface area contributed by atoms with Crippen molar-refractivity contribution in [3.63, 3.8) is 0 Å². The Morgan fingerprint density at radius 2 is 1.30 bits per heavy atom. The molecule has 8 nitrogen and oxygen atoms in total.